The third kappa shape index (κ3) is 7.13. The van der Waals surface area contributed by atoms with Gasteiger partial charge in [-0.1, -0.05) is 70.9 Å². The maximum Gasteiger partial charge on any atom is 0.346 e. The molecule has 0 unspecified atom stereocenters. The summed E-state index contributed by atoms with van der Waals surface area (Å²) in [5.74, 6) is 0.418. The molecule has 3 saturated carbocycles. The monoisotopic (exact) mass is 570 g/mol. The van der Waals surface area contributed by atoms with Crippen molar-refractivity contribution in [2.24, 2.45) is 29.6 Å². The van der Waals surface area contributed by atoms with E-state index >= 15 is 13.2 Å². The summed E-state index contributed by atoms with van der Waals surface area (Å²) < 4.78 is 51.6. The molecule has 0 aliphatic heterocycles. The van der Waals surface area contributed by atoms with Crippen LogP contribution in [0.2, 0.25) is 0 Å². The zero-order valence-corrected chi connectivity index (χ0v) is 25.2. The van der Waals surface area contributed by atoms with Crippen LogP contribution in [0.15, 0.2) is 39.1 Å². The van der Waals surface area contributed by atoms with E-state index in [4.69, 9.17) is 4.42 Å². The minimum atomic E-state index is -0.607. The molecule has 5 rings (SSSR count). The summed E-state index contributed by atoms with van der Waals surface area (Å²) in [6.45, 7) is 4.45. The molecule has 0 amide bonds. The minimum absolute atomic E-state index is 0.0209. The number of hydrogen-bond donors (Lipinski definition) is 0. The highest BCUT2D eigenvalue weighted by molar-refractivity contribution is 5.83. The van der Waals surface area contributed by atoms with Gasteiger partial charge in [-0.15, -0.1) is 0 Å². The Balaban J connectivity index is 1.20. The van der Waals surface area contributed by atoms with Gasteiger partial charge in [0.2, 0.25) is 0 Å². The molecule has 0 atom stereocenters. The summed E-state index contributed by atoms with van der Waals surface area (Å²) >= 11 is 0. The van der Waals surface area contributed by atoms with Crippen LogP contribution in [0.4, 0.5) is 13.2 Å². The van der Waals surface area contributed by atoms with Gasteiger partial charge in [-0.05, 0) is 98.5 Å². The van der Waals surface area contributed by atoms with Gasteiger partial charge in [0, 0.05) is 18.3 Å². The number of halogens is 3. The normalized spacial score (nSPS) is 29.9. The second kappa shape index (κ2) is 14.0. The number of benzene rings is 1. The Morgan fingerprint density at radius 3 is 1.95 bits per heavy atom. The molecule has 0 spiro atoms. The van der Waals surface area contributed by atoms with Crippen molar-refractivity contribution in [3.63, 3.8) is 0 Å². The Kier molecular flexibility index (Phi) is 10.4. The smallest absolute Gasteiger partial charge is 0.346 e. The molecule has 0 saturated heterocycles. The molecular formula is C36H49F3O2. The zero-order chi connectivity index (χ0) is 28.9. The maximum absolute atomic E-state index is 15.7. The quantitative estimate of drug-likeness (QED) is 0.300. The molecule has 2 nitrogen and oxygen atoms in total. The molecule has 2 aromatic rings. The molecule has 0 bridgehead atoms. The fourth-order valence-electron chi connectivity index (χ4n) is 8.18. The Labute approximate surface area is 244 Å². The topological polar surface area (TPSA) is 30.2 Å². The highest BCUT2D eigenvalue weighted by Gasteiger charge is 2.32. The average molecular weight is 571 g/mol. The molecule has 226 valence electrons. The predicted molar refractivity (Wildman–Crippen MR) is 161 cm³/mol. The van der Waals surface area contributed by atoms with E-state index in [-0.39, 0.29) is 17.2 Å². The largest absolute Gasteiger partial charge is 0.427 e. The molecule has 1 aromatic heterocycles. The van der Waals surface area contributed by atoms with E-state index in [0.29, 0.717) is 60.6 Å². The summed E-state index contributed by atoms with van der Waals surface area (Å²) in [6.07, 6.45) is 16.0. The lowest BCUT2D eigenvalue weighted by atomic mass is 9.75. The van der Waals surface area contributed by atoms with E-state index in [1.807, 2.05) is 12.1 Å². The van der Waals surface area contributed by atoms with E-state index in [1.165, 1.54) is 38.5 Å². The molecule has 41 heavy (non-hydrogen) atoms. The summed E-state index contributed by atoms with van der Waals surface area (Å²) in [5, 5.41) is 0.609. The van der Waals surface area contributed by atoms with Crippen LogP contribution in [0, 0.1) is 35.4 Å². The van der Waals surface area contributed by atoms with Crippen LogP contribution in [0.5, 0.6) is 0 Å². The van der Waals surface area contributed by atoms with Gasteiger partial charge in [0.1, 0.15) is 28.6 Å². The van der Waals surface area contributed by atoms with Crippen LogP contribution in [0.3, 0.4) is 0 Å². The zero-order valence-electron chi connectivity index (χ0n) is 25.2. The van der Waals surface area contributed by atoms with Gasteiger partial charge in [0.05, 0.1) is 0 Å². The van der Waals surface area contributed by atoms with Crippen molar-refractivity contribution in [1.29, 1.82) is 0 Å². The molecule has 3 aliphatic rings. The van der Waals surface area contributed by atoms with E-state index in [1.54, 1.807) is 6.07 Å². The van der Waals surface area contributed by atoms with Crippen molar-refractivity contribution >= 4 is 10.8 Å². The van der Waals surface area contributed by atoms with Gasteiger partial charge in [0.25, 0.3) is 0 Å². The van der Waals surface area contributed by atoms with Crippen molar-refractivity contribution in [2.45, 2.75) is 129 Å². The fraction of sp³-hybridized carbons (Fsp3) is 0.694. The van der Waals surface area contributed by atoms with Gasteiger partial charge in [0.15, 0.2) is 0 Å². The van der Waals surface area contributed by atoms with Gasteiger partial charge in [-0.3, -0.25) is 0 Å². The van der Waals surface area contributed by atoms with Crippen LogP contribution in [0.1, 0.15) is 134 Å². The second-order valence-electron chi connectivity index (χ2n) is 13.5. The first kappa shape index (κ1) is 30.4. The number of fused-ring (bicyclic) bond motifs is 1. The molecule has 0 N–H and O–H groups in total. The number of rotatable bonds is 9. The van der Waals surface area contributed by atoms with Crippen molar-refractivity contribution in [1.82, 2.24) is 0 Å². The summed E-state index contributed by atoms with van der Waals surface area (Å²) in [7, 11) is 0. The molecule has 0 radical (unpaired) electrons. The fourth-order valence-corrected chi connectivity index (χ4v) is 8.18. The third-order valence-corrected chi connectivity index (χ3v) is 10.9. The van der Waals surface area contributed by atoms with Crippen LogP contribution in [-0.2, 0) is 6.42 Å². The third-order valence-electron chi connectivity index (χ3n) is 10.9. The Bertz CT molecular complexity index is 1240. The van der Waals surface area contributed by atoms with Crippen LogP contribution < -0.4 is 5.63 Å². The highest BCUT2D eigenvalue weighted by atomic mass is 19.2. The number of allylic oxidation sites excluding steroid dienone is 2. The Morgan fingerprint density at radius 2 is 1.34 bits per heavy atom. The average Bonchev–Trinajstić information content (AvgIpc) is 3.00. The van der Waals surface area contributed by atoms with Gasteiger partial charge in [-0.2, -0.15) is 0 Å². The molecule has 5 heteroatoms. The first-order valence-corrected chi connectivity index (χ1v) is 16.7. The second-order valence-corrected chi connectivity index (χ2v) is 13.5. The lowest BCUT2D eigenvalue weighted by Gasteiger charge is -2.31. The van der Waals surface area contributed by atoms with E-state index in [9.17, 15) is 4.79 Å². The Hall–Kier alpha value is -2.04. The van der Waals surface area contributed by atoms with Crippen molar-refractivity contribution < 1.29 is 17.6 Å². The lowest BCUT2D eigenvalue weighted by Crippen LogP contribution is -2.19. The minimum Gasteiger partial charge on any atom is -0.427 e. The Morgan fingerprint density at radius 1 is 0.780 bits per heavy atom. The van der Waals surface area contributed by atoms with E-state index < -0.39 is 29.0 Å². The van der Waals surface area contributed by atoms with Crippen molar-refractivity contribution in [3.05, 3.63) is 57.4 Å². The first-order chi connectivity index (χ1) is 19.9. The molecule has 3 aliphatic carbocycles. The van der Waals surface area contributed by atoms with Gasteiger partial charge < -0.3 is 4.42 Å². The van der Waals surface area contributed by atoms with Gasteiger partial charge >= 0.3 is 5.63 Å². The summed E-state index contributed by atoms with van der Waals surface area (Å²) in [4.78, 5) is 12.9. The SMILES string of the molecule is CCCC1CCC(/C(F)=C(\F)C2CCC(c3ccc4cc(CCC5CCC(CC)CC5)oc(=O)c4c3F)CC2)CC1. The van der Waals surface area contributed by atoms with Gasteiger partial charge in [-0.25, -0.2) is 18.0 Å². The van der Waals surface area contributed by atoms with Crippen molar-refractivity contribution in [2.75, 3.05) is 0 Å². The van der Waals surface area contributed by atoms with Crippen LogP contribution in [0.25, 0.3) is 10.8 Å². The summed E-state index contributed by atoms with van der Waals surface area (Å²) in [6, 6.07) is 5.46. The van der Waals surface area contributed by atoms with Crippen LogP contribution >= 0.6 is 0 Å². The maximum atomic E-state index is 15.7. The molecular weight excluding hydrogens is 521 g/mol. The lowest BCUT2D eigenvalue weighted by molar-refractivity contribution is 0.241. The summed E-state index contributed by atoms with van der Waals surface area (Å²) in [5.41, 5.74) is -0.104. The van der Waals surface area contributed by atoms with Crippen LogP contribution in [-0.4, -0.2) is 0 Å². The molecule has 1 aromatic carbocycles. The first-order valence-electron chi connectivity index (χ1n) is 16.7. The van der Waals surface area contributed by atoms with E-state index in [2.05, 4.69) is 13.8 Å². The standard InChI is InChI=1S/C36H49F3O2/c1-3-5-24-10-13-27(14-11-24)33(37)34(38)28-17-15-26(16-18-28)31-21-19-29-22-30(41-36(40)32(29)35(31)39)20-12-25-8-6-23(4-2)7-9-25/h19,21-28H,3-18,20H2,1-2H3/b34-33+. The number of aryl methyl sites for hydroxylation is 1. The molecule has 3 fully saturated rings. The number of hydrogen-bond acceptors (Lipinski definition) is 2. The van der Waals surface area contributed by atoms with E-state index in [0.717, 1.165) is 44.4 Å². The molecule has 1 heterocycles. The highest BCUT2D eigenvalue weighted by Crippen LogP contribution is 2.44. The predicted octanol–water partition coefficient (Wildman–Crippen LogP) is 11.1. The van der Waals surface area contributed by atoms with Crippen molar-refractivity contribution in [3.8, 4) is 0 Å².